The average Bonchev–Trinajstić information content (AvgIpc) is 3.04. The average molecular weight is 408 g/mol. The number of allylic oxidation sites excluding steroid dienone is 1. The highest BCUT2D eigenvalue weighted by Gasteiger charge is 2.15. The molecule has 144 valence electrons. The summed E-state index contributed by atoms with van der Waals surface area (Å²) in [7, 11) is 0. The van der Waals surface area contributed by atoms with Crippen molar-refractivity contribution in [3.05, 3.63) is 106 Å². The Balaban J connectivity index is 1.88. The lowest BCUT2D eigenvalue weighted by molar-refractivity contribution is 0.804. The fraction of sp³-hybridized carbons (Fsp3) is 0.0769. The summed E-state index contributed by atoms with van der Waals surface area (Å²) in [5.74, 6) is 0. The molecule has 4 rings (SSSR count). The van der Waals surface area contributed by atoms with Gasteiger partial charge in [0.05, 0.1) is 23.3 Å². The molecule has 0 amide bonds. The van der Waals surface area contributed by atoms with Crippen LogP contribution in [0.4, 0.5) is 0 Å². The van der Waals surface area contributed by atoms with Crippen LogP contribution in [0, 0.1) is 29.6 Å². The van der Waals surface area contributed by atoms with Crippen LogP contribution in [-0.4, -0.2) is 4.57 Å². The maximum atomic E-state index is 9.82. The molecular weight excluding hydrogens is 390 g/mol. The van der Waals surface area contributed by atoms with Gasteiger partial charge in [0.2, 0.25) is 0 Å². The van der Waals surface area contributed by atoms with E-state index in [9.17, 15) is 10.5 Å². The van der Waals surface area contributed by atoms with E-state index in [1.54, 1.807) is 18.2 Å². The fourth-order valence-corrected chi connectivity index (χ4v) is 3.92. The molecule has 3 nitrogen and oxygen atoms in total. The van der Waals surface area contributed by atoms with Gasteiger partial charge in [-0.25, -0.2) is 0 Å². The van der Waals surface area contributed by atoms with Crippen molar-refractivity contribution in [3.63, 3.8) is 0 Å². The van der Waals surface area contributed by atoms with E-state index in [-0.39, 0.29) is 0 Å². The Hall–Kier alpha value is -3.79. The van der Waals surface area contributed by atoms with Gasteiger partial charge >= 0.3 is 0 Å². The van der Waals surface area contributed by atoms with Gasteiger partial charge in [0.15, 0.2) is 0 Å². The highest BCUT2D eigenvalue weighted by atomic mass is 35.5. The van der Waals surface area contributed by atoms with E-state index < -0.39 is 0 Å². The zero-order valence-electron chi connectivity index (χ0n) is 16.4. The molecule has 0 aliphatic heterocycles. The van der Waals surface area contributed by atoms with E-state index in [0.717, 1.165) is 38.3 Å². The Kier molecular flexibility index (Phi) is 5.40. The predicted molar refractivity (Wildman–Crippen MR) is 122 cm³/mol. The van der Waals surface area contributed by atoms with Gasteiger partial charge in [0.1, 0.15) is 0 Å². The highest BCUT2D eigenvalue weighted by Crippen LogP contribution is 2.31. The second kappa shape index (κ2) is 8.29. The van der Waals surface area contributed by atoms with E-state index in [4.69, 9.17) is 11.6 Å². The number of benzene rings is 3. The van der Waals surface area contributed by atoms with E-state index >= 15 is 0 Å². The van der Waals surface area contributed by atoms with Crippen molar-refractivity contribution in [2.75, 3.05) is 0 Å². The molecule has 0 unspecified atom stereocenters. The summed E-state index contributed by atoms with van der Waals surface area (Å²) in [6.45, 7) is 2.70. The van der Waals surface area contributed by atoms with Crippen molar-refractivity contribution < 1.29 is 0 Å². The van der Waals surface area contributed by atoms with Crippen LogP contribution < -0.4 is 0 Å². The summed E-state index contributed by atoms with van der Waals surface area (Å²) in [5.41, 5.74) is 5.98. The zero-order chi connectivity index (χ0) is 21.1. The van der Waals surface area contributed by atoms with Gasteiger partial charge in [-0.3, -0.25) is 0 Å². The minimum Gasteiger partial charge on any atom is -0.340 e. The first kappa shape index (κ1) is 19.5. The van der Waals surface area contributed by atoms with Crippen LogP contribution in [0.2, 0.25) is 5.02 Å². The SMILES string of the molecule is Cc1c(C=C(C#N)c2cccc(C#N)c2)c2ccccc2n1Cc1ccccc1Cl. The second-order valence-electron chi connectivity index (χ2n) is 7.06. The van der Waals surface area contributed by atoms with Crippen LogP contribution in [0.25, 0.3) is 22.6 Å². The molecule has 0 saturated carbocycles. The first-order chi connectivity index (χ1) is 14.6. The zero-order valence-corrected chi connectivity index (χ0v) is 17.2. The summed E-state index contributed by atoms with van der Waals surface area (Å²) in [5, 5.41) is 20.8. The molecule has 0 atom stereocenters. The topological polar surface area (TPSA) is 52.5 Å². The van der Waals surface area contributed by atoms with Crippen LogP contribution in [0.5, 0.6) is 0 Å². The van der Waals surface area contributed by atoms with Crippen molar-refractivity contribution in [3.8, 4) is 12.1 Å². The maximum Gasteiger partial charge on any atom is 0.0998 e. The molecule has 0 aliphatic carbocycles. The number of hydrogen-bond donors (Lipinski definition) is 0. The minimum atomic E-state index is 0.524. The van der Waals surface area contributed by atoms with Gasteiger partial charge in [0.25, 0.3) is 0 Å². The van der Waals surface area contributed by atoms with Gasteiger partial charge in [0, 0.05) is 33.7 Å². The molecule has 0 aliphatic rings. The van der Waals surface area contributed by atoms with Crippen LogP contribution in [0.15, 0.2) is 72.8 Å². The largest absolute Gasteiger partial charge is 0.340 e. The first-order valence-electron chi connectivity index (χ1n) is 9.56. The second-order valence-corrected chi connectivity index (χ2v) is 7.46. The van der Waals surface area contributed by atoms with Crippen molar-refractivity contribution in [1.82, 2.24) is 4.57 Å². The molecule has 0 spiro atoms. The number of hydrogen-bond acceptors (Lipinski definition) is 2. The number of aromatic nitrogens is 1. The molecule has 0 bridgehead atoms. The summed E-state index contributed by atoms with van der Waals surface area (Å²) in [4.78, 5) is 0. The Morgan fingerprint density at radius 1 is 1.00 bits per heavy atom. The fourth-order valence-electron chi connectivity index (χ4n) is 3.72. The molecule has 0 fully saturated rings. The molecule has 3 aromatic carbocycles. The van der Waals surface area contributed by atoms with Crippen LogP contribution in [-0.2, 0) is 6.54 Å². The summed E-state index contributed by atoms with van der Waals surface area (Å²) in [6.07, 6.45) is 1.91. The molecule has 0 N–H and O–H groups in total. The van der Waals surface area contributed by atoms with E-state index in [1.165, 1.54) is 0 Å². The maximum absolute atomic E-state index is 9.82. The number of nitriles is 2. The lowest BCUT2D eigenvalue weighted by Gasteiger charge is -2.10. The highest BCUT2D eigenvalue weighted by molar-refractivity contribution is 6.31. The smallest absolute Gasteiger partial charge is 0.0998 e. The van der Waals surface area contributed by atoms with Crippen molar-refractivity contribution in [2.45, 2.75) is 13.5 Å². The number of fused-ring (bicyclic) bond motifs is 1. The van der Waals surface area contributed by atoms with Crippen LogP contribution in [0.1, 0.15) is 27.9 Å². The first-order valence-corrected chi connectivity index (χ1v) is 9.93. The van der Waals surface area contributed by atoms with Crippen LogP contribution >= 0.6 is 11.6 Å². The Morgan fingerprint density at radius 3 is 2.53 bits per heavy atom. The minimum absolute atomic E-state index is 0.524. The molecule has 0 saturated heterocycles. The van der Waals surface area contributed by atoms with Gasteiger partial charge in [-0.1, -0.05) is 60.1 Å². The quantitative estimate of drug-likeness (QED) is 0.358. The monoisotopic (exact) mass is 407 g/mol. The number of rotatable bonds is 4. The van der Waals surface area contributed by atoms with Crippen molar-refractivity contribution in [1.29, 1.82) is 10.5 Å². The third-order valence-corrected chi connectivity index (χ3v) is 5.65. The van der Waals surface area contributed by atoms with Crippen LogP contribution in [0.3, 0.4) is 0 Å². The molecule has 1 aromatic heterocycles. The summed E-state index contributed by atoms with van der Waals surface area (Å²) < 4.78 is 2.23. The number of para-hydroxylation sites is 1. The molecule has 0 radical (unpaired) electrons. The molecule has 30 heavy (non-hydrogen) atoms. The van der Waals surface area contributed by atoms with Gasteiger partial charge in [-0.15, -0.1) is 0 Å². The summed E-state index contributed by atoms with van der Waals surface area (Å²) in [6, 6.07) is 27.6. The number of halogens is 1. The third-order valence-electron chi connectivity index (χ3n) is 5.28. The summed E-state index contributed by atoms with van der Waals surface area (Å²) >= 11 is 6.41. The lowest BCUT2D eigenvalue weighted by Crippen LogP contribution is -2.02. The molecule has 4 aromatic rings. The molecule has 1 heterocycles. The Labute approximate surface area is 180 Å². The third kappa shape index (κ3) is 3.60. The van der Waals surface area contributed by atoms with Gasteiger partial charge in [-0.2, -0.15) is 10.5 Å². The van der Waals surface area contributed by atoms with Crippen molar-refractivity contribution in [2.24, 2.45) is 0 Å². The van der Waals surface area contributed by atoms with E-state index in [0.29, 0.717) is 17.7 Å². The molecule has 4 heteroatoms. The standard InChI is InChI=1S/C26H18ClN3/c1-18-24(14-22(16-29)20-9-6-7-19(13-20)15-28)23-10-3-5-12-26(23)30(18)17-21-8-2-4-11-25(21)27/h2-14H,17H2,1H3. The molecular formula is C26H18ClN3. The van der Waals surface area contributed by atoms with E-state index in [2.05, 4.69) is 35.8 Å². The Bertz CT molecular complexity index is 1360. The van der Waals surface area contributed by atoms with Crippen molar-refractivity contribution >= 4 is 34.2 Å². The van der Waals surface area contributed by atoms with Gasteiger partial charge in [-0.05, 0) is 48.4 Å². The van der Waals surface area contributed by atoms with E-state index in [1.807, 2.05) is 48.5 Å². The lowest BCUT2D eigenvalue weighted by atomic mass is 10.0. The predicted octanol–water partition coefficient (Wildman–Crippen LogP) is 6.59. The Morgan fingerprint density at radius 2 is 1.77 bits per heavy atom. The number of nitrogens with zero attached hydrogens (tertiary/aromatic N) is 3. The normalized spacial score (nSPS) is 11.3. The van der Waals surface area contributed by atoms with Gasteiger partial charge < -0.3 is 4.57 Å².